The Bertz CT molecular complexity index is 971. The lowest BCUT2D eigenvalue weighted by molar-refractivity contribution is 0.0138. The number of H-pyrrole nitrogens is 1. The van der Waals surface area contributed by atoms with Crippen molar-refractivity contribution >= 4 is 29.5 Å². The lowest BCUT2D eigenvalue weighted by Gasteiger charge is -2.30. The fraction of sp³-hybridized carbons (Fsp3) is 0.455. The Morgan fingerprint density at radius 3 is 2.91 bits per heavy atom. The minimum absolute atomic E-state index is 0.240. The van der Waals surface area contributed by atoms with Crippen LogP contribution in [0.3, 0.4) is 0 Å². The number of nitrogens with two attached hydrogens (primary N) is 1. The molecule has 9 nitrogen and oxygen atoms in total. The summed E-state index contributed by atoms with van der Waals surface area (Å²) in [5.41, 5.74) is 8.82. The Hall–Kier alpha value is -2.59. The van der Waals surface area contributed by atoms with Crippen molar-refractivity contribution < 1.29 is 14.6 Å². The maximum atomic E-state index is 11.1. The van der Waals surface area contributed by atoms with E-state index in [9.17, 15) is 5.11 Å². The van der Waals surface area contributed by atoms with E-state index in [0.29, 0.717) is 53.3 Å². The Balaban J connectivity index is 1.88. The molecule has 0 radical (unpaired) electrons. The number of morpholine rings is 1. The number of aliphatic hydroxyl groups excluding tert-OH is 1. The van der Waals surface area contributed by atoms with Gasteiger partial charge in [-0.05, 0) is 25.5 Å². The zero-order valence-electron chi connectivity index (χ0n) is 18.7. The summed E-state index contributed by atoms with van der Waals surface area (Å²) in [5, 5.41) is 15.0. The molecule has 0 saturated carbocycles. The van der Waals surface area contributed by atoms with Gasteiger partial charge in [0.05, 0.1) is 50.8 Å². The molecule has 5 N–H and O–H groups in total. The van der Waals surface area contributed by atoms with Gasteiger partial charge in [0.1, 0.15) is 11.4 Å². The molecule has 2 unspecified atom stereocenters. The smallest absolute Gasteiger partial charge is 0.160 e. The lowest BCUT2D eigenvalue weighted by atomic mass is 9.94. The van der Waals surface area contributed by atoms with Crippen molar-refractivity contribution in [2.45, 2.75) is 26.0 Å². The molecule has 1 fully saturated rings. The molecular weight excluding hydrogens is 432 g/mol. The summed E-state index contributed by atoms with van der Waals surface area (Å²) in [7, 11) is 1.60. The highest BCUT2D eigenvalue weighted by Gasteiger charge is 2.26. The number of imidazole rings is 1. The first-order valence-electron chi connectivity index (χ1n) is 10.5. The zero-order valence-corrected chi connectivity index (χ0v) is 19.4. The average Bonchev–Trinajstić information content (AvgIpc) is 3.24. The summed E-state index contributed by atoms with van der Waals surface area (Å²) in [6.45, 7) is 11.3. The Morgan fingerprint density at radius 1 is 1.53 bits per heavy atom. The maximum absolute atomic E-state index is 11.1. The van der Waals surface area contributed by atoms with Gasteiger partial charge < -0.3 is 30.6 Å². The quantitative estimate of drug-likeness (QED) is 0.334. The molecule has 1 aromatic carbocycles. The number of ether oxygens (including phenoxy) is 2. The van der Waals surface area contributed by atoms with Crippen molar-refractivity contribution in [1.29, 1.82) is 0 Å². The van der Waals surface area contributed by atoms with Crippen LogP contribution in [0.15, 0.2) is 24.0 Å². The van der Waals surface area contributed by atoms with Crippen molar-refractivity contribution in [3.63, 3.8) is 0 Å². The van der Waals surface area contributed by atoms with Gasteiger partial charge in [-0.3, -0.25) is 4.90 Å². The molecule has 2 atom stereocenters. The molecule has 0 bridgehead atoms. The number of methoxy groups -OCH3 is 1. The number of benzene rings is 1. The van der Waals surface area contributed by atoms with Crippen molar-refractivity contribution in [3.05, 3.63) is 46.4 Å². The highest BCUT2D eigenvalue weighted by atomic mass is 35.5. The molecule has 1 saturated heterocycles. The molecule has 1 aromatic heterocycles. The first-order chi connectivity index (χ1) is 15.4. The minimum atomic E-state index is -0.757. The second kappa shape index (κ2) is 10.8. The number of β-amino-alcohol motifs (C(OH)–C–C–N with tert-alkyl or cyclic N) is 1. The third-order valence-corrected chi connectivity index (χ3v) is 5.98. The number of aliphatic hydroxyl groups is 1. The van der Waals surface area contributed by atoms with Gasteiger partial charge in [0, 0.05) is 35.8 Å². The molecule has 0 spiro atoms. The van der Waals surface area contributed by atoms with Crippen LogP contribution in [0, 0.1) is 6.92 Å². The second-order valence-electron chi connectivity index (χ2n) is 7.67. The third-order valence-electron chi connectivity index (χ3n) is 5.59. The summed E-state index contributed by atoms with van der Waals surface area (Å²) >= 11 is 6.58. The Morgan fingerprint density at radius 2 is 2.25 bits per heavy atom. The molecule has 0 amide bonds. The van der Waals surface area contributed by atoms with E-state index in [-0.39, 0.29) is 6.04 Å². The summed E-state index contributed by atoms with van der Waals surface area (Å²) in [6.07, 6.45) is 1.96. The van der Waals surface area contributed by atoms with Crippen molar-refractivity contribution in [2.24, 2.45) is 10.7 Å². The molecule has 174 valence electrons. The predicted octanol–water partition coefficient (Wildman–Crippen LogP) is 2.69. The van der Waals surface area contributed by atoms with E-state index in [4.69, 9.17) is 26.8 Å². The van der Waals surface area contributed by atoms with E-state index in [2.05, 4.69) is 31.8 Å². The van der Waals surface area contributed by atoms with Crippen LogP contribution in [0.1, 0.15) is 41.5 Å². The molecular formula is C22H31ClN6O3. The number of aromatic amines is 1. The predicted molar refractivity (Wildman–Crippen MR) is 126 cm³/mol. The summed E-state index contributed by atoms with van der Waals surface area (Å²) in [4.78, 5) is 13.4. The number of aliphatic imine (C=N–C) groups is 1. The van der Waals surface area contributed by atoms with Crippen LogP contribution >= 0.6 is 11.6 Å². The van der Waals surface area contributed by atoms with E-state index in [1.165, 1.54) is 12.7 Å². The van der Waals surface area contributed by atoms with Gasteiger partial charge in [-0.15, -0.1) is 0 Å². The maximum Gasteiger partial charge on any atom is 0.160 e. The normalized spacial score (nSPS) is 16.8. The van der Waals surface area contributed by atoms with Crippen LogP contribution in [0.25, 0.3) is 5.70 Å². The summed E-state index contributed by atoms with van der Waals surface area (Å²) < 4.78 is 11.2. The number of aromatic nitrogens is 2. The van der Waals surface area contributed by atoms with Crippen LogP contribution in [0.5, 0.6) is 5.75 Å². The molecule has 10 heteroatoms. The number of hydrogen-bond acceptors (Lipinski definition) is 7. The van der Waals surface area contributed by atoms with Crippen LogP contribution in [0.2, 0.25) is 5.02 Å². The van der Waals surface area contributed by atoms with Crippen LogP contribution in [-0.4, -0.2) is 66.3 Å². The molecule has 0 aliphatic carbocycles. The van der Waals surface area contributed by atoms with E-state index in [1.54, 1.807) is 7.11 Å². The first-order valence-corrected chi connectivity index (χ1v) is 10.8. The lowest BCUT2D eigenvalue weighted by Crippen LogP contribution is -2.39. The number of nitrogens with zero attached hydrogens (tertiary/aromatic N) is 3. The van der Waals surface area contributed by atoms with Gasteiger partial charge in [-0.25, -0.2) is 9.98 Å². The number of nitrogens with one attached hydrogen (secondary N) is 2. The highest BCUT2D eigenvalue weighted by Crippen LogP contribution is 2.40. The fourth-order valence-electron chi connectivity index (χ4n) is 3.92. The van der Waals surface area contributed by atoms with Gasteiger partial charge in [-0.1, -0.05) is 18.2 Å². The summed E-state index contributed by atoms with van der Waals surface area (Å²) in [6, 6.07) is 1.62. The Labute approximate surface area is 193 Å². The first kappa shape index (κ1) is 24.1. The monoisotopic (exact) mass is 462 g/mol. The number of halogens is 1. The van der Waals surface area contributed by atoms with Crippen molar-refractivity contribution in [2.75, 3.05) is 40.0 Å². The van der Waals surface area contributed by atoms with Crippen LogP contribution in [-0.2, 0) is 4.74 Å². The standard InChI is InChI=1S/C22H31ClN6O3/c1-13-17(23)9-16(14(2)28-15(3)20-22(25-11-24)27-12-26-20)21(31-4)19(13)18(30)10-29-5-7-32-8-6-29/h9,11-12,14,18,28,30H,3,5-8,10H2,1-2,4H3,(H2,24,25)(H,26,27). The summed E-state index contributed by atoms with van der Waals surface area (Å²) in [5.74, 6) is 1.11. The third kappa shape index (κ3) is 5.24. The van der Waals surface area contributed by atoms with Gasteiger partial charge >= 0.3 is 0 Å². The Kier molecular flexibility index (Phi) is 8.14. The van der Waals surface area contributed by atoms with Gasteiger partial charge in [-0.2, -0.15) is 0 Å². The largest absolute Gasteiger partial charge is 0.496 e. The van der Waals surface area contributed by atoms with E-state index >= 15 is 0 Å². The second-order valence-corrected chi connectivity index (χ2v) is 8.08. The molecule has 1 aliphatic rings. The van der Waals surface area contributed by atoms with Gasteiger partial charge in [0.2, 0.25) is 0 Å². The zero-order chi connectivity index (χ0) is 23.3. The highest BCUT2D eigenvalue weighted by molar-refractivity contribution is 6.31. The van der Waals surface area contributed by atoms with Crippen LogP contribution in [0.4, 0.5) is 5.82 Å². The molecule has 1 aliphatic heterocycles. The minimum Gasteiger partial charge on any atom is -0.496 e. The van der Waals surface area contributed by atoms with E-state index in [1.807, 2.05) is 19.9 Å². The molecule has 3 rings (SSSR count). The van der Waals surface area contributed by atoms with Crippen molar-refractivity contribution in [1.82, 2.24) is 20.2 Å². The van der Waals surface area contributed by atoms with Crippen LogP contribution < -0.4 is 15.8 Å². The molecule has 2 aromatic rings. The topological polar surface area (TPSA) is 121 Å². The molecule has 32 heavy (non-hydrogen) atoms. The van der Waals surface area contributed by atoms with E-state index in [0.717, 1.165) is 24.2 Å². The average molecular weight is 463 g/mol. The van der Waals surface area contributed by atoms with Crippen molar-refractivity contribution in [3.8, 4) is 5.75 Å². The number of hydrogen-bond donors (Lipinski definition) is 4. The fourth-order valence-corrected chi connectivity index (χ4v) is 4.14. The molecule has 2 heterocycles. The SMILES string of the molecule is C=C(NC(C)c1cc(Cl)c(C)c(C(O)CN2CCOCC2)c1OC)c1nc[nH]c1/N=C\N. The van der Waals surface area contributed by atoms with Gasteiger partial charge in [0.25, 0.3) is 0 Å². The van der Waals surface area contributed by atoms with Gasteiger partial charge in [0.15, 0.2) is 5.82 Å². The van der Waals surface area contributed by atoms with E-state index < -0.39 is 6.10 Å². The number of rotatable bonds is 9.